The van der Waals surface area contributed by atoms with E-state index >= 15 is 0 Å². The molecule has 0 aromatic heterocycles. The third-order valence-electron chi connectivity index (χ3n) is 3.89. The first-order valence-electron chi connectivity index (χ1n) is 6.68. The van der Waals surface area contributed by atoms with Gasteiger partial charge in [0.1, 0.15) is 13.2 Å². The highest BCUT2D eigenvalue weighted by atomic mass is 32.2. The lowest BCUT2D eigenvalue weighted by atomic mass is 10.2. The highest BCUT2D eigenvalue weighted by Gasteiger charge is 2.48. The molecule has 0 radical (unpaired) electrons. The van der Waals surface area contributed by atoms with Crippen LogP contribution in [0.1, 0.15) is 0 Å². The Kier molecular flexibility index (Phi) is 2.87. The maximum Gasteiger partial charge on any atom is 0.163 e. The van der Waals surface area contributed by atoms with Gasteiger partial charge in [-0.2, -0.15) is 0 Å². The average molecular weight is 326 g/mol. The molecule has 2 saturated heterocycles. The van der Waals surface area contributed by atoms with Crippen LogP contribution in [0, 0.1) is 5.41 Å². The van der Waals surface area contributed by atoms with Crippen LogP contribution in [0.2, 0.25) is 0 Å². The fourth-order valence-electron chi connectivity index (χ4n) is 2.99. The number of amidine groups is 1. The number of nitrogens with zero attached hydrogens (tertiary/aromatic N) is 1. The van der Waals surface area contributed by atoms with Gasteiger partial charge in [0.2, 0.25) is 0 Å². The molecule has 6 nitrogen and oxygen atoms in total. The summed E-state index contributed by atoms with van der Waals surface area (Å²) in [6, 6.07) is 5.35. The van der Waals surface area contributed by atoms with Crippen molar-refractivity contribution in [3.05, 3.63) is 18.2 Å². The molecule has 8 heteroatoms. The molecule has 2 atom stereocenters. The molecule has 0 saturated carbocycles. The van der Waals surface area contributed by atoms with E-state index in [1.807, 2.05) is 18.2 Å². The van der Waals surface area contributed by atoms with Crippen molar-refractivity contribution in [3.63, 3.8) is 0 Å². The number of sulfone groups is 1. The van der Waals surface area contributed by atoms with Crippen LogP contribution in [0.4, 0.5) is 5.69 Å². The first kappa shape index (κ1) is 13.3. The van der Waals surface area contributed by atoms with E-state index in [1.165, 1.54) is 11.8 Å². The van der Waals surface area contributed by atoms with E-state index in [4.69, 9.17) is 14.9 Å². The predicted molar refractivity (Wildman–Crippen MR) is 81.5 cm³/mol. The Labute approximate surface area is 126 Å². The molecule has 1 aromatic rings. The molecular formula is C13H14N2O4S2. The summed E-state index contributed by atoms with van der Waals surface area (Å²) in [6.07, 6.45) is 0. The zero-order valence-electron chi connectivity index (χ0n) is 11.1. The molecule has 112 valence electrons. The van der Waals surface area contributed by atoms with Crippen LogP contribution in [0.3, 0.4) is 0 Å². The molecule has 0 aliphatic carbocycles. The fraction of sp³-hybridized carbons (Fsp3) is 0.462. The van der Waals surface area contributed by atoms with Gasteiger partial charge in [0.05, 0.1) is 17.5 Å². The van der Waals surface area contributed by atoms with Crippen molar-refractivity contribution >= 4 is 32.5 Å². The van der Waals surface area contributed by atoms with Crippen molar-refractivity contribution in [1.29, 1.82) is 5.41 Å². The van der Waals surface area contributed by atoms with E-state index in [1.54, 1.807) is 4.90 Å². The highest BCUT2D eigenvalue weighted by Crippen LogP contribution is 2.42. The third-order valence-corrected chi connectivity index (χ3v) is 7.02. The van der Waals surface area contributed by atoms with Gasteiger partial charge in [-0.25, -0.2) is 8.42 Å². The van der Waals surface area contributed by atoms with Gasteiger partial charge < -0.3 is 14.4 Å². The Morgan fingerprint density at radius 2 is 1.95 bits per heavy atom. The van der Waals surface area contributed by atoms with E-state index in [9.17, 15) is 8.42 Å². The Balaban J connectivity index is 1.70. The van der Waals surface area contributed by atoms with Crippen molar-refractivity contribution in [2.24, 2.45) is 0 Å². The molecule has 2 fully saturated rings. The minimum absolute atomic E-state index is 0.0456. The maximum atomic E-state index is 11.8. The summed E-state index contributed by atoms with van der Waals surface area (Å²) in [5.41, 5.74) is 0.793. The Bertz CT molecular complexity index is 719. The summed E-state index contributed by atoms with van der Waals surface area (Å²) in [6.45, 7) is 1.04. The number of hydrogen-bond donors (Lipinski definition) is 1. The van der Waals surface area contributed by atoms with Crippen LogP contribution in [0.15, 0.2) is 18.2 Å². The second kappa shape index (κ2) is 4.54. The summed E-state index contributed by atoms with van der Waals surface area (Å²) in [7, 11) is -3.00. The molecule has 21 heavy (non-hydrogen) atoms. The zero-order valence-corrected chi connectivity index (χ0v) is 12.7. The number of ether oxygens (including phenoxy) is 2. The van der Waals surface area contributed by atoms with Crippen molar-refractivity contribution in [1.82, 2.24) is 0 Å². The van der Waals surface area contributed by atoms with Gasteiger partial charge in [0, 0.05) is 17.0 Å². The summed E-state index contributed by atoms with van der Waals surface area (Å²) < 4.78 is 34.7. The molecule has 0 unspecified atom stereocenters. The minimum atomic E-state index is -3.00. The molecular weight excluding hydrogens is 312 g/mol. The lowest BCUT2D eigenvalue weighted by Crippen LogP contribution is -2.37. The first-order valence-corrected chi connectivity index (χ1v) is 9.38. The van der Waals surface area contributed by atoms with Crippen molar-refractivity contribution in [3.8, 4) is 11.5 Å². The zero-order chi connectivity index (χ0) is 14.6. The summed E-state index contributed by atoms with van der Waals surface area (Å²) in [4.78, 5) is 1.80. The molecule has 3 aliphatic heterocycles. The Morgan fingerprint density at radius 3 is 2.76 bits per heavy atom. The smallest absolute Gasteiger partial charge is 0.163 e. The standard InChI is InChI=1S/C13H14N2O4S2/c14-13-15(9-6-21(16,17)7-12(9)20-13)8-1-2-10-11(5-8)19-4-3-18-10/h1-2,5,9,12,14H,3-4,6-7H2/t9-,12-/m0/s1. The minimum Gasteiger partial charge on any atom is -0.486 e. The second-order valence-electron chi connectivity index (χ2n) is 5.30. The molecule has 0 bridgehead atoms. The van der Waals surface area contributed by atoms with Crippen LogP contribution in [-0.2, 0) is 9.84 Å². The third kappa shape index (κ3) is 2.17. The lowest BCUT2D eigenvalue weighted by molar-refractivity contribution is 0.171. The number of thioether (sulfide) groups is 1. The molecule has 1 N–H and O–H groups in total. The number of anilines is 1. The average Bonchev–Trinajstić information content (AvgIpc) is 2.88. The topological polar surface area (TPSA) is 79.7 Å². The van der Waals surface area contributed by atoms with Crippen molar-refractivity contribution in [2.45, 2.75) is 11.3 Å². The van der Waals surface area contributed by atoms with Gasteiger partial charge in [-0.1, -0.05) is 11.8 Å². The molecule has 3 aliphatic rings. The van der Waals surface area contributed by atoms with Crippen LogP contribution in [0.25, 0.3) is 0 Å². The number of benzene rings is 1. The largest absolute Gasteiger partial charge is 0.486 e. The summed E-state index contributed by atoms with van der Waals surface area (Å²) in [5, 5.41) is 8.49. The van der Waals surface area contributed by atoms with Crippen LogP contribution >= 0.6 is 11.8 Å². The number of hydrogen-bond acceptors (Lipinski definition) is 6. The van der Waals surface area contributed by atoms with Crippen LogP contribution < -0.4 is 14.4 Å². The number of nitrogens with one attached hydrogen (secondary N) is 1. The molecule has 1 aromatic carbocycles. The normalized spacial score (nSPS) is 29.5. The van der Waals surface area contributed by atoms with Gasteiger partial charge in [-0.15, -0.1) is 0 Å². The van der Waals surface area contributed by atoms with Gasteiger partial charge in [0.25, 0.3) is 0 Å². The van der Waals surface area contributed by atoms with Gasteiger partial charge in [-0.05, 0) is 12.1 Å². The van der Waals surface area contributed by atoms with Crippen molar-refractivity contribution < 1.29 is 17.9 Å². The Morgan fingerprint density at radius 1 is 1.19 bits per heavy atom. The van der Waals surface area contributed by atoms with Crippen molar-refractivity contribution in [2.75, 3.05) is 29.6 Å². The predicted octanol–water partition coefficient (Wildman–Crippen LogP) is 1.11. The maximum absolute atomic E-state index is 11.8. The van der Waals surface area contributed by atoms with Crippen LogP contribution in [0.5, 0.6) is 11.5 Å². The lowest BCUT2D eigenvalue weighted by Gasteiger charge is -2.26. The van der Waals surface area contributed by atoms with Gasteiger partial charge in [0.15, 0.2) is 26.5 Å². The van der Waals surface area contributed by atoms with E-state index in [-0.39, 0.29) is 22.8 Å². The summed E-state index contributed by atoms with van der Waals surface area (Å²) in [5.74, 6) is 1.62. The summed E-state index contributed by atoms with van der Waals surface area (Å²) >= 11 is 1.34. The van der Waals surface area contributed by atoms with Gasteiger partial charge >= 0.3 is 0 Å². The molecule has 4 rings (SSSR count). The number of fused-ring (bicyclic) bond motifs is 2. The van der Waals surface area contributed by atoms with E-state index in [0.29, 0.717) is 29.9 Å². The highest BCUT2D eigenvalue weighted by molar-refractivity contribution is 8.15. The first-order chi connectivity index (χ1) is 10.0. The van der Waals surface area contributed by atoms with E-state index < -0.39 is 9.84 Å². The fourth-order valence-corrected chi connectivity index (χ4v) is 6.78. The number of rotatable bonds is 1. The second-order valence-corrected chi connectivity index (χ2v) is 8.69. The van der Waals surface area contributed by atoms with Crippen LogP contribution in [-0.4, -0.2) is 49.6 Å². The quantitative estimate of drug-likeness (QED) is 0.833. The molecule has 0 amide bonds. The Hall–Kier alpha value is -1.41. The molecule has 0 spiro atoms. The van der Waals surface area contributed by atoms with E-state index in [0.717, 1.165) is 5.69 Å². The monoisotopic (exact) mass is 326 g/mol. The molecule has 3 heterocycles. The van der Waals surface area contributed by atoms with Gasteiger partial charge in [-0.3, -0.25) is 5.41 Å². The SMILES string of the molecule is N=C1S[C@H]2CS(=O)(=O)C[C@@H]2N1c1ccc2c(c1)OCCO2. The van der Waals surface area contributed by atoms with E-state index in [2.05, 4.69) is 0 Å².